The molecule has 120 valence electrons. The van der Waals surface area contributed by atoms with E-state index in [0.29, 0.717) is 12.1 Å². The van der Waals surface area contributed by atoms with E-state index in [-0.39, 0.29) is 5.75 Å². The maximum absolute atomic E-state index is 13.6. The van der Waals surface area contributed by atoms with Gasteiger partial charge in [-0.2, -0.15) is 0 Å². The molecular formula is C17H17FN2O3. The maximum atomic E-state index is 13.6. The van der Waals surface area contributed by atoms with Gasteiger partial charge in [0.25, 0.3) is 0 Å². The second kappa shape index (κ2) is 6.26. The van der Waals surface area contributed by atoms with Crippen molar-refractivity contribution in [3.05, 3.63) is 59.4 Å². The Hall–Kier alpha value is -2.60. The molecule has 2 amide bonds. The van der Waals surface area contributed by atoms with Gasteiger partial charge in [0.15, 0.2) is 11.6 Å². The smallest absolute Gasteiger partial charge is 0.319 e. The van der Waals surface area contributed by atoms with Crippen molar-refractivity contribution in [3.8, 4) is 5.75 Å². The summed E-state index contributed by atoms with van der Waals surface area (Å²) in [6.07, 6.45) is -0.177. The molecule has 0 spiro atoms. The highest BCUT2D eigenvalue weighted by Crippen LogP contribution is 2.31. The number of carbonyl (C=O) groups excluding carboxylic acids is 1. The normalized spacial score (nSPS) is 19.1. The Bertz CT molecular complexity index is 736. The highest BCUT2D eigenvalue weighted by molar-refractivity contribution is 5.89. The second-order valence-electron chi connectivity index (χ2n) is 5.40. The summed E-state index contributed by atoms with van der Waals surface area (Å²) in [5.41, 5.74) is 2.22. The van der Waals surface area contributed by atoms with Crippen LogP contribution in [0.1, 0.15) is 17.2 Å². The van der Waals surface area contributed by atoms with Crippen LogP contribution < -0.4 is 15.4 Å². The van der Waals surface area contributed by atoms with Crippen LogP contribution in [-0.4, -0.2) is 24.4 Å². The number of benzene rings is 2. The molecule has 0 saturated heterocycles. The number of hydrogen-bond donors (Lipinski definition) is 3. The molecule has 23 heavy (non-hydrogen) atoms. The van der Waals surface area contributed by atoms with Crippen LogP contribution in [0.15, 0.2) is 42.5 Å². The summed E-state index contributed by atoms with van der Waals surface area (Å²) in [5.74, 6) is -0.451. The minimum absolute atomic E-state index is 0.108. The zero-order valence-electron chi connectivity index (χ0n) is 12.5. The molecule has 5 nitrogen and oxygen atoms in total. The summed E-state index contributed by atoms with van der Waals surface area (Å²) in [5, 5.41) is 15.4. The summed E-state index contributed by atoms with van der Waals surface area (Å²) in [7, 11) is 1.37. The average Bonchev–Trinajstić information content (AvgIpc) is 2.83. The lowest BCUT2D eigenvalue weighted by Gasteiger charge is -2.18. The van der Waals surface area contributed by atoms with Gasteiger partial charge in [-0.15, -0.1) is 0 Å². The van der Waals surface area contributed by atoms with Crippen LogP contribution in [0.3, 0.4) is 0 Å². The third-order valence-electron chi connectivity index (χ3n) is 3.90. The number of methoxy groups -OCH3 is 1. The Morgan fingerprint density at radius 3 is 2.83 bits per heavy atom. The van der Waals surface area contributed by atoms with Gasteiger partial charge in [0.2, 0.25) is 0 Å². The standard InChI is InChI=1S/C17H17FN2O3/c1-23-15-7-6-11(9-13(15)18)19-17(22)20-16-12-5-3-2-4-10(12)8-14(16)21/h2-7,9,14,16,21H,8H2,1H3,(H2,19,20,22)/t14-,16+/m0/s1. The molecular weight excluding hydrogens is 299 g/mol. The fraction of sp³-hybridized carbons (Fsp3) is 0.235. The summed E-state index contributed by atoms with van der Waals surface area (Å²) in [6.45, 7) is 0. The van der Waals surface area contributed by atoms with Crippen molar-refractivity contribution in [2.75, 3.05) is 12.4 Å². The molecule has 0 saturated carbocycles. The van der Waals surface area contributed by atoms with Crippen LogP contribution in [0.2, 0.25) is 0 Å². The largest absolute Gasteiger partial charge is 0.494 e. The molecule has 1 aliphatic rings. The topological polar surface area (TPSA) is 70.6 Å². The van der Waals surface area contributed by atoms with Crippen molar-refractivity contribution < 1.29 is 19.0 Å². The van der Waals surface area contributed by atoms with Crippen molar-refractivity contribution in [3.63, 3.8) is 0 Å². The van der Waals surface area contributed by atoms with E-state index in [1.807, 2.05) is 24.3 Å². The van der Waals surface area contributed by atoms with Gasteiger partial charge in [0.1, 0.15) is 0 Å². The summed E-state index contributed by atoms with van der Waals surface area (Å²) < 4.78 is 18.5. The Kier molecular flexibility index (Phi) is 4.16. The number of fused-ring (bicyclic) bond motifs is 1. The fourth-order valence-electron chi connectivity index (χ4n) is 2.80. The number of nitrogens with one attached hydrogen (secondary N) is 2. The zero-order valence-corrected chi connectivity index (χ0v) is 12.5. The van der Waals surface area contributed by atoms with Crippen molar-refractivity contribution in [1.82, 2.24) is 5.32 Å². The number of halogens is 1. The van der Waals surface area contributed by atoms with E-state index in [1.165, 1.54) is 19.2 Å². The van der Waals surface area contributed by atoms with Crippen molar-refractivity contribution >= 4 is 11.7 Å². The van der Waals surface area contributed by atoms with Crippen LogP contribution in [0.5, 0.6) is 5.75 Å². The van der Waals surface area contributed by atoms with E-state index in [1.54, 1.807) is 6.07 Å². The van der Waals surface area contributed by atoms with Crippen molar-refractivity contribution in [1.29, 1.82) is 0 Å². The van der Waals surface area contributed by atoms with Gasteiger partial charge >= 0.3 is 6.03 Å². The number of urea groups is 1. The quantitative estimate of drug-likeness (QED) is 0.815. The Labute approximate surface area is 133 Å². The second-order valence-corrected chi connectivity index (χ2v) is 5.40. The van der Waals surface area contributed by atoms with Crippen LogP contribution in [0.4, 0.5) is 14.9 Å². The SMILES string of the molecule is COc1ccc(NC(=O)N[C@@H]2c3ccccc3C[C@@H]2O)cc1F. The highest BCUT2D eigenvalue weighted by atomic mass is 19.1. The molecule has 0 bridgehead atoms. The van der Waals surface area contributed by atoms with Gasteiger partial charge in [-0.05, 0) is 23.3 Å². The minimum Gasteiger partial charge on any atom is -0.494 e. The Morgan fingerprint density at radius 2 is 2.09 bits per heavy atom. The van der Waals surface area contributed by atoms with Gasteiger partial charge in [-0.3, -0.25) is 0 Å². The first-order valence-corrected chi connectivity index (χ1v) is 7.25. The summed E-state index contributed by atoms with van der Waals surface area (Å²) in [4.78, 5) is 12.1. The molecule has 0 unspecified atom stereocenters. The Morgan fingerprint density at radius 1 is 1.30 bits per heavy atom. The third-order valence-corrected chi connectivity index (χ3v) is 3.90. The molecule has 3 N–H and O–H groups in total. The lowest BCUT2D eigenvalue weighted by Crippen LogP contribution is -2.36. The number of rotatable bonds is 3. The number of aliphatic hydroxyl groups excluding tert-OH is 1. The molecule has 0 radical (unpaired) electrons. The van der Waals surface area contributed by atoms with Gasteiger partial charge in [0.05, 0.1) is 19.3 Å². The molecule has 6 heteroatoms. The summed E-state index contributed by atoms with van der Waals surface area (Å²) in [6, 6.07) is 10.7. The number of hydrogen-bond acceptors (Lipinski definition) is 3. The summed E-state index contributed by atoms with van der Waals surface area (Å²) >= 11 is 0. The number of ether oxygens (including phenoxy) is 1. The molecule has 3 rings (SSSR count). The molecule has 2 atom stereocenters. The molecule has 2 aromatic carbocycles. The van der Waals surface area contributed by atoms with Crippen molar-refractivity contribution in [2.24, 2.45) is 0 Å². The molecule has 1 aliphatic carbocycles. The van der Waals surface area contributed by atoms with E-state index in [2.05, 4.69) is 10.6 Å². The molecule has 0 fully saturated rings. The Balaban J connectivity index is 1.69. The molecule has 0 aliphatic heterocycles. The number of carbonyl (C=O) groups is 1. The first-order chi connectivity index (χ1) is 11.1. The van der Waals surface area contributed by atoms with Gasteiger partial charge < -0.3 is 20.5 Å². The van der Waals surface area contributed by atoms with E-state index in [4.69, 9.17) is 4.74 Å². The zero-order chi connectivity index (χ0) is 16.4. The van der Waals surface area contributed by atoms with E-state index in [9.17, 15) is 14.3 Å². The highest BCUT2D eigenvalue weighted by Gasteiger charge is 2.31. The van der Waals surface area contributed by atoms with Gasteiger partial charge in [-0.1, -0.05) is 24.3 Å². The number of aliphatic hydroxyl groups is 1. The predicted molar refractivity (Wildman–Crippen MR) is 84.0 cm³/mol. The molecule has 2 aromatic rings. The average molecular weight is 316 g/mol. The lowest BCUT2D eigenvalue weighted by atomic mass is 10.1. The predicted octanol–water partition coefficient (Wildman–Crippen LogP) is 2.61. The van der Waals surface area contributed by atoms with E-state index in [0.717, 1.165) is 11.1 Å². The fourth-order valence-corrected chi connectivity index (χ4v) is 2.80. The number of amides is 2. The van der Waals surface area contributed by atoms with Crippen LogP contribution in [0.25, 0.3) is 0 Å². The first kappa shape index (κ1) is 15.3. The van der Waals surface area contributed by atoms with Gasteiger partial charge in [-0.25, -0.2) is 9.18 Å². The third kappa shape index (κ3) is 3.12. The lowest BCUT2D eigenvalue weighted by molar-refractivity contribution is 0.144. The molecule has 0 heterocycles. The van der Waals surface area contributed by atoms with E-state index < -0.39 is 24.0 Å². The van der Waals surface area contributed by atoms with E-state index >= 15 is 0 Å². The van der Waals surface area contributed by atoms with Crippen LogP contribution in [0, 0.1) is 5.82 Å². The van der Waals surface area contributed by atoms with Crippen molar-refractivity contribution in [2.45, 2.75) is 18.6 Å². The minimum atomic E-state index is -0.675. The van der Waals surface area contributed by atoms with Crippen LogP contribution >= 0.6 is 0 Å². The maximum Gasteiger partial charge on any atom is 0.319 e. The van der Waals surface area contributed by atoms with Crippen LogP contribution in [-0.2, 0) is 6.42 Å². The first-order valence-electron chi connectivity index (χ1n) is 7.25. The molecule has 0 aromatic heterocycles. The number of anilines is 1. The monoisotopic (exact) mass is 316 g/mol. The van der Waals surface area contributed by atoms with Gasteiger partial charge in [0, 0.05) is 18.2 Å².